The quantitative estimate of drug-likeness (QED) is 0.657. The second kappa shape index (κ2) is 7.31. The van der Waals surface area contributed by atoms with E-state index in [1.807, 2.05) is 6.07 Å². The minimum atomic E-state index is -0.446. The van der Waals surface area contributed by atoms with Crippen LogP contribution in [0.1, 0.15) is 18.5 Å². The number of morpholine rings is 1. The van der Waals surface area contributed by atoms with Crippen LogP contribution in [0.5, 0.6) is 0 Å². The normalized spacial score (nSPS) is 17.2. The molecule has 6 heteroatoms. The fraction of sp³-hybridized carbons (Fsp3) is 0.450. The van der Waals surface area contributed by atoms with E-state index in [-0.39, 0.29) is 6.04 Å². The topological polar surface area (TPSA) is 39.5 Å². The van der Waals surface area contributed by atoms with Crippen molar-refractivity contribution in [3.05, 3.63) is 42.0 Å². The summed E-state index contributed by atoms with van der Waals surface area (Å²) >= 11 is 0. The molecular weight excluding hydrogens is 333 g/mol. The predicted molar refractivity (Wildman–Crippen MR) is 99.9 cm³/mol. The van der Waals surface area contributed by atoms with Gasteiger partial charge in [0.25, 0.3) is 0 Å². The van der Waals surface area contributed by atoms with Crippen molar-refractivity contribution in [1.82, 2.24) is 14.5 Å². The zero-order chi connectivity index (χ0) is 18.1. The van der Waals surface area contributed by atoms with Gasteiger partial charge in [0.05, 0.1) is 31.5 Å². The van der Waals surface area contributed by atoms with E-state index < -0.39 is 5.95 Å². The number of halogens is 1. The molecule has 138 valence electrons. The molecule has 1 aromatic carbocycles. The molecule has 0 amide bonds. The fourth-order valence-corrected chi connectivity index (χ4v) is 3.93. The van der Waals surface area contributed by atoms with Crippen LogP contribution in [-0.2, 0) is 16.1 Å². The first-order valence-electron chi connectivity index (χ1n) is 9.04. The number of benzene rings is 1. The van der Waals surface area contributed by atoms with Gasteiger partial charge in [0.1, 0.15) is 0 Å². The van der Waals surface area contributed by atoms with Gasteiger partial charge in [-0.15, -0.1) is 0 Å². The molecule has 0 aliphatic carbocycles. The standard InChI is InChI=1S/C20H24FN3O2/c1-14(12-23-5-7-26-8-6-23)24-18-9-15(13-25-2)3-4-16(18)17-10-20(21)22-11-19(17)24/h3-4,9-11,14H,5-8,12-13H2,1-2H3. The van der Waals surface area contributed by atoms with Gasteiger partial charge in [-0.05, 0) is 18.6 Å². The number of rotatable bonds is 5. The molecule has 3 heterocycles. The first kappa shape index (κ1) is 17.4. The van der Waals surface area contributed by atoms with Crippen molar-refractivity contribution >= 4 is 21.8 Å². The molecule has 0 radical (unpaired) electrons. The van der Waals surface area contributed by atoms with Crippen LogP contribution in [0, 0.1) is 5.95 Å². The summed E-state index contributed by atoms with van der Waals surface area (Å²) in [6.45, 7) is 7.15. The maximum Gasteiger partial charge on any atom is 0.213 e. The Bertz CT molecular complexity index is 918. The average molecular weight is 357 g/mol. The van der Waals surface area contributed by atoms with Gasteiger partial charge in [-0.25, -0.2) is 4.98 Å². The molecule has 1 aliphatic heterocycles. The zero-order valence-corrected chi connectivity index (χ0v) is 15.2. The number of hydrogen-bond acceptors (Lipinski definition) is 4. The van der Waals surface area contributed by atoms with Crippen molar-refractivity contribution in [2.45, 2.75) is 19.6 Å². The van der Waals surface area contributed by atoms with E-state index in [0.29, 0.717) is 6.61 Å². The number of nitrogens with zero attached hydrogens (tertiary/aromatic N) is 3. The molecule has 5 nitrogen and oxygen atoms in total. The molecule has 1 unspecified atom stereocenters. The van der Waals surface area contributed by atoms with Gasteiger partial charge in [-0.3, -0.25) is 4.90 Å². The first-order chi connectivity index (χ1) is 12.7. The Morgan fingerprint density at radius 3 is 2.77 bits per heavy atom. The largest absolute Gasteiger partial charge is 0.380 e. The summed E-state index contributed by atoms with van der Waals surface area (Å²) in [4.78, 5) is 6.32. The molecule has 0 spiro atoms. The number of aromatic nitrogens is 2. The highest BCUT2D eigenvalue weighted by atomic mass is 19.1. The molecule has 1 saturated heterocycles. The lowest BCUT2D eigenvalue weighted by atomic mass is 10.1. The lowest BCUT2D eigenvalue weighted by Gasteiger charge is -2.30. The van der Waals surface area contributed by atoms with Gasteiger partial charge in [-0.2, -0.15) is 4.39 Å². The van der Waals surface area contributed by atoms with Gasteiger partial charge in [0, 0.05) is 55.1 Å². The van der Waals surface area contributed by atoms with Crippen molar-refractivity contribution in [2.24, 2.45) is 0 Å². The number of pyridine rings is 1. The Labute approximate surface area is 152 Å². The van der Waals surface area contributed by atoms with Gasteiger partial charge in [0.15, 0.2) is 0 Å². The van der Waals surface area contributed by atoms with Crippen LogP contribution >= 0.6 is 0 Å². The van der Waals surface area contributed by atoms with Crippen LogP contribution in [0.25, 0.3) is 21.8 Å². The Morgan fingerprint density at radius 1 is 1.19 bits per heavy atom. The molecule has 2 aromatic heterocycles. The third-order valence-electron chi connectivity index (χ3n) is 5.10. The van der Waals surface area contributed by atoms with Crippen molar-refractivity contribution in [3.63, 3.8) is 0 Å². The monoisotopic (exact) mass is 357 g/mol. The Kier molecular flexibility index (Phi) is 4.89. The minimum Gasteiger partial charge on any atom is -0.380 e. The molecule has 0 bridgehead atoms. The molecule has 1 fully saturated rings. The minimum absolute atomic E-state index is 0.234. The van der Waals surface area contributed by atoms with Gasteiger partial charge >= 0.3 is 0 Å². The summed E-state index contributed by atoms with van der Waals surface area (Å²) in [5.74, 6) is -0.446. The Morgan fingerprint density at radius 2 is 2.00 bits per heavy atom. The highest BCUT2D eigenvalue weighted by molar-refractivity contribution is 6.08. The summed E-state index contributed by atoms with van der Waals surface area (Å²) in [6, 6.07) is 8.01. The smallest absolute Gasteiger partial charge is 0.213 e. The number of methoxy groups -OCH3 is 1. The van der Waals surface area contributed by atoms with Crippen LogP contribution in [0.3, 0.4) is 0 Å². The van der Waals surface area contributed by atoms with Crippen LogP contribution in [0.2, 0.25) is 0 Å². The lowest BCUT2D eigenvalue weighted by Crippen LogP contribution is -2.39. The molecule has 0 saturated carbocycles. The van der Waals surface area contributed by atoms with E-state index >= 15 is 0 Å². The highest BCUT2D eigenvalue weighted by Crippen LogP contribution is 2.33. The summed E-state index contributed by atoms with van der Waals surface area (Å²) in [5, 5.41) is 1.96. The maximum atomic E-state index is 13.8. The third kappa shape index (κ3) is 3.20. The summed E-state index contributed by atoms with van der Waals surface area (Å²) < 4.78 is 26.8. The van der Waals surface area contributed by atoms with Crippen LogP contribution in [-0.4, -0.2) is 54.4 Å². The van der Waals surface area contributed by atoms with Gasteiger partial charge < -0.3 is 14.0 Å². The SMILES string of the molecule is COCc1ccc2c3cc(F)ncc3n(C(C)CN3CCOCC3)c2c1. The number of ether oxygens (including phenoxy) is 2. The summed E-state index contributed by atoms with van der Waals surface area (Å²) in [7, 11) is 1.69. The second-order valence-corrected chi connectivity index (χ2v) is 6.94. The molecule has 26 heavy (non-hydrogen) atoms. The van der Waals surface area contributed by atoms with Crippen molar-refractivity contribution in [2.75, 3.05) is 40.0 Å². The van der Waals surface area contributed by atoms with E-state index in [1.54, 1.807) is 13.3 Å². The molecule has 4 rings (SSSR count). The average Bonchev–Trinajstić information content (AvgIpc) is 2.96. The lowest BCUT2D eigenvalue weighted by molar-refractivity contribution is 0.0330. The molecule has 1 atom stereocenters. The zero-order valence-electron chi connectivity index (χ0n) is 15.2. The highest BCUT2D eigenvalue weighted by Gasteiger charge is 2.20. The summed E-state index contributed by atoms with van der Waals surface area (Å²) in [6.07, 6.45) is 1.65. The first-order valence-corrected chi connectivity index (χ1v) is 9.04. The number of hydrogen-bond donors (Lipinski definition) is 0. The van der Waals surface area contributed by atoms with Gasteiger partial charge in [-0.1, -0.05) is 12.1 Å². The Balaban J connectivity index is 1.82. The molecular formula is C20H24FN3O2. The molecule has 3 aromatic rings. The second-order valence-electron chi connectivity index (χ2n) is 6.94. The van der Waals surface area contributed by atoms with Crippen molar-refractivity contribution in [3.8, 4) is 0 Å². The summed E-state index contributed by atoms with van der Waals surface area (Å²) in [5.41, 5.74) is 3.18. The fourth-order valence-electron chi connectivity index (χ4n) is 3.93. The van der Waals surface area contributed by atoms with Crippen LogP contribution in [0.4, 0.5) is 4.39 Å². The van der Waals surface area contributed by atoms with E-state index in [4.69, 9.17) is 9.47 Å². The van der Waals surface area contributed by atoms with Crippen molar-refractivity contribution in [1.29, 1.82) is 0 Å². The van der Waals surface area contributed by atoms with E-state index in [0.717, 1.165) is 60.2 Å². The maximum absolute atomic E-state index is 13.8. The molecule has 0 N–H and O–H groups in total. The van der Waals surface area contributed by atoms with E-state index in [2.05, 4.69) is 33.5 Å². The Hall–Kier alpha value is -2.02. The van der Waals surface area contributed by atoms with Crippen molar-refractivity contribution < 1.29 is 13.9 Å². The third-order valence-corrected chi connectivity index (χ3v) is 5.10. The van der Waals surface area contributed by atoms with Crippen LogP contribution in [0.15, 0.2) is 30.5 Å². The predicted octanol–water partition coefficient (Wildman–Crippen LogP) is 3.37. The number of fused-ring (bicyclic) bond motifs is 3. The van der Waals surface area contributed by atoms with Gasteiger partial charge in [0.2, 0.25) is 5.95 Å². The van der Waals surface area contributed by atoms with Crippen LogP contribution < -0.4 is 0 Å². The van der Waals surface area contributed by atoms with E-state index in [1.165, 1.54) is 6.07 Å². The molecule has 1 aliphatic rings. The van der Waals surface area contributed by atoms with E-state index in [9.17, 15) is 4.39 Å².